The largest absolute Gasteiger partial charge is 0.454 e. The number of hydrogen-bond acceptors (Lipinski definition) is 4. The molecule has 0 saturated heterocycles. The normalized spacial score (nSPS) is 12.1. The Bertz CT molecular complexity index is 3840. The molecule has 13 rings (SSSR count). The zero-order chi connectivity index (χ0) is 38.6. The molecule has 0 unspecified atom stereocenters. The topological polar surface area (TPSA) is 43.9 Å². The Morgan fingerprint density at radius 2 is 1.14 bits per heavy atom. The average Bonchev–Trinajstić information content (AvgIpc) is 3.97. The Labute approximate surface area is 341 Å². The van der Waals surface area contributed by atoms with E-state index in [2.05, 4.69) is 193 Å². The molecule has 0 aliphatic carbocycles. The summed E-state index contributed by atoms with van der Waals surface area (Å²) in [6, 6.07) is 67.1. The summed E-state index contributed by atoms with van der Waals surface area (Å²) in [4.78, 5) is 10.6. The molecule has 5 heteroatoms. The number of furan rings is 1. The van der Waals surface area contributed by atoms with Crippen molar-refractivity contribution in [2.75, 3.05) is 0 Å². The number of rotatable bonds is 4. The quantitative estimate of drug-likeness (QED) is 0.179. The molecule has 0 spiro atoms. The summed E-state index contributed by atoms with van der Waals surface area (Å²) in [6.45, 7) is 0. The van der Waals surface area contributed by atoms with Gasteiger partial charge in [-0.05, 0) is 75.1 Å². The number of thiophene rings is 1. The van der Waals surface area contributed by atoms with E-state index in [9.17, 15) is 0 Å². The highest BCUT2D eigenvalue weighted by Gasteiger charge is 2.21. The van der Waals surface area contributed by atoms with Gasteiger partial charge in [-0.2, -0.15) is 0 Å². The summed E-state index contributed by atoms with van der Waals surface area (Å²) in [7, 11) is 0. The van der Waals surface area contributed by atoms with Crippen LogP contribution in [0.15, 0.2) is 192 Å². The first-order valence-corrected chi connectivity index (χ1v) is 20.7. The number of para-hydroxylation sites is 1. The van der Waals surface area contributed by atoms with Crippen LogP contribution in [0.25, 0.3) is 125 Å². The molecule has 0 aliphatic rings. The molecule has 274 valence electrons. The second-order valence-corrected chi connectivity index (χ2v) is 16.4. The van der Waals surface area contributed by atoms with Gasteiger partial charge < -0.3 is 8.98 Å². The first-order chi connectivity index (χ1) is 29.2. The van der Waals surface area contributed by atoms with Crippen molar-refractivity contribution in [1.29, 1.82) is 0 Å². The van der Waals surface area contributed by atoms with Gasteiger partial charge in [0.25, 0.3) is 0 Å². The van der Waals surface area contributed by atoms with Crippen molar-refractivity contribution in [2.45, 2.75) is 0 Å². The van der Waals surface area contributed by atoms with E-state index in [1.165, 1.54) is 48.1 Å². The highest BCUT2D eigenvalue weighted by molar-refractivity contribution is 7.26. The van der Waals surface area contributed by atoms with Crippen molar-refractivity contribution >= 4 is 96.9 Å². The summed E-state index contributed by atoms with van der Waals surface area (Å²) in [6.07, 6.45) is 0. The van der Waals surface area contributed by atoms with Gasteiger partial charge in [0.15, 0.2) is 11.4 Å². The van der Waals surface area contributed by atoms with Gasteiger partial charge >= 0.3 is 0 Å². The van der Waals surface area contributed by atoms with E-state index in [4.69, 9.17) is 14.4 Å². The SMILES string of the molecule is c1ccc(-c2ccc(-c3nc(-c4ccc5c(c4)oc4c(-n6c7cc8ccccc8cc7c7c8ccccc8ccc76)cccc45)nc4c3sc3ccccc34)cc2)cc1. The molecule has 4 nitrogen and oxygen atoms in total. The lowest BCUT2D eigenvalue weighted by Crippen LogP contribution is -1.94. The lowest BCUT2D eigenvalue weighted by Gasteiger charge is -2.09. The third-order valence-electron chi connectivity index (χ3n) is 12.0. The van der Waals surface area contributed by atoms with E-state index < -0.39 is 0 Å². The van der Waals surface area contributed by atoms with Crippen LogP contribution >= 0.6 is 11.3 Å². The lowest BCUT2D eigenvalue weighted by molar-refractivity contribution is 0.666. The van der Waals surface area contributed by atoms with Gasteiger partial charge in [-0.15, -0.1) is 11.3 Å². The molecule has 9 aromatic carbocycles. The summed E-state index contributed by atoms with van der Waals surface area (Å²) in [5.41, 5.74) is 11.2. The summed E-state index contributed by atoms with van der Waals surface area (Å²) in [5.74, 6) is 0.673. The van der Waals surface area contributed by atoms with E-state index >= 15 is 0 Å². The number of fused-ring (bicyclic) bond motifs is 12. The third kappa shape index (κ3) is 4.89. The van der Waals surface area contributed by atoms with E-state index in [1.54, 1.807) is 11.3 Å². The van der Waals surface area contributed by atoms with E-state index in [1.807, 2.05) is 0 Å². The van der Waals surface area contributed by atoms with Crippen LogP contribution in [0.3, 0.4) is 0 Å². The zero-order valence-electron chi connectivity index (χ0n) is 31.6. The minimum absolute atomic E-state index is 0.673. The minimum Gasteiger partial charge on any atom is -0.454 e. The zero-order valence-corrected chi connectivity index (χ0v) is 32.4. The number of aromatic nitrogens is 3. The van der Waals surface area contributed by atoms with Crippen molar-refractivity contribution in [3.8, 4) is 39.5 Å². The fourth-order valence-corrected chi connectivity index (χ4v) is 10.4. The van der Waals surface area contributed by atoms with Crippen LogP contribution in [0.4, 0.5) is 0 Å². The Morgan fingerprint density at radius 3 is 2.00 bits per heavy atom. The predicted molar refractivity (Wildman–Crippen MR) is 248 cm³/mol. The standard InChI is InChI=1S/C54H31N3OS/c1-2-11-32(12-3-1)33-21-23-35(24-22-33)50-53-51(42-17-8-9-20-48(42)59-53)56-54(55-50)38-25-27-40-41-18-10-19-45(52(41)58-47(40)31-38)57-44-28-26-34-13-6-7-16-39(34)49(44)43-29-36-14-4-5-15-37(36)30-46(43)57/h1-31H. The first-order valence-electron chi connectivity index (χ1n) is 19.9. The average molecular weight is 770 g/mol. The van der Waals surface area contributed by atoms with Gasteiger partial charge in [0.1, 0.15) is 5.58 Å². The molecule has 0 N–H and O–H groups in total. The molecular weight excluding hydrogens is 739 g/mol. The fraction of sp³-hybridized carbons (Fsp3) is 0. The van der Waals surface area contributed by atoms with Crippen molar-refractivity contribution in [3.63, 3.8) is 0 Å². The Balaban J connectivity index is 1.01. The van der Waals surface area contributed by atoms with Gasteiger partial charge in [-0.3, -0.25) is 0 Å². The van der Waals surface area contributed by atoms with Gasteiger partial charge in [0.2, 0.25) is 0 Å². The maximum atomic E-state index is 6.98. The smallest absolute Gasteiger partial charge is 0.160 e. The van der Waals surface area contributed by atoms with Crippen molar-refractivity contribution in [1.82, 2.24) is 14.5 Å². The maximum Gasteiger partial charge on any atom is 0.160 e. The fourth-order valence-electron chi connectivity index (χ4n) is 9.20. The van der Waals surface area contributed by atoms with Crippen LogP contribution in [0.2, 0.25) is 0 Å². The van der Waals surface area contributed by atoms with Gasteiger partial charge in [-0.1, -0.05) is 146 Å². The van der Waals surface area contributed by atoms with Crippen molar-refractivity contribution in [3.05, 3.63) is 188 Å². The molecular formula is C54H31N3OS. The van der Waals surface area contributed by atoms with E-state index in [-0.39, 0.29) is 0 Å². The van der Waals surface area contributed by atoms with Crippen LogP contribution in [0.1, 0.15) is 0 Å². The molecule has 0 saturated carbocycles. The predicted octanol–water partition coefficient (Wildman–Crippen LogP) is 15.1. The Hall–Kier alpha value is -7.60. The van der Waals surface area contributed by atoms with E-state index in [0.29, 0.717) is 5.82 Å². The van der Waals surface area contributed by atoms with Crippen molar-refractivity contribution < 1.29 is 4.42 Å². The number of hydrogen-bond donors (Lipinski definition) is 0. The number of benzene rings is 9. The molecule has 0 amide bonds. The van der Waals surface area contributed by atoms with Gasteiger partial charge in [-0.25, -0.2) is 9.97 Å². The summed E-state index contributed by atoms with van der Waals surface area (Å²) < 4.78 is 11.7. The highest BCUT2D eigenvalue weighted by atomic mass is 32.1. The molecule has 4 heterocycles. The van der Waals surface area contributed by atoms with Crippen LogP contribution in [0, 0.1) is 0 Å². The first kappa shape index (κ1) is 32.5. The van der Waals surface area contributed by atoms with Crippen molar-refractivity contribution in [2.24, 2.45) is 0 Å². The maximum absolute atomic E-state index is 6.98. The molecule has 0 aliphatic heterocycles. The van der Waals surface area contributed by atoms with E-state index in [0.717, 1.165) is 71.1 Å². The second-order valence-electron chi connectivity index (χ2n) is 15.3. The van der Waals surface area contributed by atoms with Crippen LogP contribution < -0.4 is 0 Å². The molecule has 13 aromatic rings. The molecule has 0 bridgehead atoms. The highest BCUT2D eigenvalue weighted by Crippen LogP contribution is 2.43. The molecule has 4 aromatic heterocycles. The van der Waals surface area contributed by atoms with Crippen LogP contribution in [0.5, 0.6) is 0 Å². The molecule has 59 heavy (non-hydrogen) atoms. The Morgan fingerprint density at radius 1 is 0.441 bits per heavy atom. The summed E-state index contributed by atoms with van der Waals surface area (Å²) >= 11 is 1.75. The van der Waals surface area contributed by atoms with Gasteiger partial charge in [0.05, 0.1) is 32.6 Å². The lowest BCUT2D eigenvalue weighted by atomic mass is 10.0. The molecule has 0 radical (unpaired) electrons. The van der Waals surface area contributed by atoms with Gasteiger partial charge in [0, 0.05) is 42.8 Å². The minimum atomic E-state index is 0.673. The Kier molecular flexibility index (Phi) is 6.85. The van der Waals surface area contributed by atoms with Crippen LogP contribution in [-0.4, -0.2) is 14.5 Å². The summed E-state index contributed by atoms with van der Waals surface area (Å²) in [5, 5.41) is 10.6. The monoisotopic (exact) mass is 769 g/mol. The molecule has 0 atom stereocenters. The third-order valence-corrected chi connectivity index (χ3v) is 13.2. The second kappa shape index (κ2) is 12.4. The number of nitrogens with zero attached hydrogens (tertiary/aromatic N) is 3. The molecule has 0 fully saturated rings. The van der Waals surface area contributed by atoms with Crippen LogP contribution in [-0.2, 0) is 0 Å².